The number of aryl methyl sites for hydroxylation is 1. The lowest BCUT2D eigenvalue weighted by Gasteiger charge is -2.08. The first-order valence-corrected chi connectivity index (χ1v) is 5.60. The predicted octanol–water partition coefficient (Wildman–Crippen LogP) is 2.54. The Morgan fingerprint density at radius 3 is 2.80 bits per heavy atom. The number of hydrogen-bond acceptors (Lipinski definition) is 6. The van der Waals surface area contributed by atoms with Gasteiger partial charge in [0.1, 0.15) is 0 Å². The maximum Gasteiger partial charge on any atom is 0.312 e. The van der Waals surface area contributed by atoms with Gasteiger partial charge in [-0.2, -0.15) is 5.26 Å². The van der Waals surface area contributed by atoms with Crippen molar-refractivity contribution < 1.29 is 9.66 Å². The monoisotopic (exact) mass is 270 g/mol. The normalized spacial score (nSPS) is 9.80. The summed E-state index contributed by atoms with van der Waals surface area (Å²) in [5.74, 6) is 0.0699. The van der Waals surface area contributed by atoms with E-state index >= 15 is 0 Å². The molecule has 100 valence electrons. The molecule has 2 N–H and O–H groups in total. The van der Waals surface area contributed by atoms with E-state index in [-0.39, 0.29) is 28.6 Å². The summed E-state index contributed by atoms with van der Waals surface area (Å²) in [7, 11) is 0. The molecule has 1 aromatic heterocycles. The molecule has 7 nitrogen and oxygen atoms in total. The average molecular weight is 270 g/mol. The fourth-order valence-electron chi connectivity index (χ4n) is 1.58. The average Bonchev–Trinajstić information content (AvgIpc) is 2.42. The van der Waals surface area contributed by atoms with E-state index in [9.17, 15) is 10.1 Å². The second-order valence-corrected chi connectivity index (χ2v) is 4.06. The lowest BCUT2D eigenvalue weighted by atomic mass is 10.2. The standard InChI is InChI=1S/C13H10N4O3/c1-8-4-10(15)13(16-7-8)20-12-3-2-9(6-14)5-11(12)17(18)19/h2-5,7H,15H2,1H3. The van der Waals surface area contributed by atoms with Gasteiger partial charge in [-0.05, 0) is 30.7 Å². The molecule has 0 radical (unpaired) electrons. The summed E-state index contributed by atoms with van der Waals surface area (Å²) < 4.78 is 5.37. The summed E-state index contributed by atoms with van der Waals surface area (Å²) >= 11 is 0. The van der Waals surface area contributed by atoms with Gasteiger partial charge in [0.25, 0.3) is 0 Å². The van der Waals surface area contributed by atoms with Crippen LogP contribution >= 0.6 is 0 Å². The van der Waals surface area contributed by atoms with Crippen molar-refractivity contribution in [2.24, 2.45) is 0 Å². The lowest BCUT2D eigenvalue weighted by molar-refractivity contribution is -0.385. The molecule has 0 atom stereocenters. The maximum absolute atomic E-state index is 11.0. The molecule has 1 aromatic carbocycles. The van der Waals surface area contributed by atoms with Crippen LogP contribution in [0.25, 0.3) is 0 Å². The van der Waals surface area contributed by atoms with Crippen molar-refractivity contribution in [3.63, 3.8) is 0 Å². The van der Waals surface area contributed by atoms with Crippen molar-refractivity contribution in [1.29, 1.82) is 5.26 Å². The Kier molecular flexibility index (Phi) is 3.48. The molecule has 0 spiro atoms. The minimum absolute atomic E-state index is 0.0166. The van der Waals surface area contributed by atoms with Gasteiger partial charge in [0, 0.05) is 12.3 Å². The lowest BCUT2D eigenvalue weighted by Crippen LogP contribution is -1.99. The molecule has 7 heteroatoms. The molecule has 0 aliphatic heterocycles. The van der Waals surface area contributed by atoms with Crippen LogP contribution < -0.4 is 10.5 Å². The third-order valence-corrected chi connectivity index (χ3v) is 2.51. The van der Waals surface area contributed by atoms with Gasteiger partial charge in [0.2, 0.25) is 11.6 Å². The van der Waals surface area contributed by atoms with E-state index in [1.165, 1.54) is 12.1 Å². The fraction of sp³-hybridized carbons (Fsp3) is 0.0769. The molecule has 20 heavy (non-hydrogen) atoms. The molecule has 0 bridgehead atoms. The zero-order valence-electron chi connectivity index (χ0n) is 10.5. The Morgan fingerprint density at radius 1 is 1.45 bits per heavy atom. The van der Waals surface area contributed by atoms with Gasteiger partial charge in [-0.1, -0.05) is 0 Å². The van der Waals surface area contributed by atoms with E-state index in [0.29, 0.717) is 0 Å². The highest BCUT2D eigenvalue weighted by molar-refractivity contribution is 5.56. The zero-order valence-corrected chi connectivity index (χ0v) is 10.5. The number of rotatable bonds is 3. The molecule has 2 aromatic rings. The number of ether oxygens (including phenoxy) is 1. The van der Waals surface area contributed by atoms with Crippen molar-refractivity contribution in [3.8, 4) is 17.7 Å². The van der Waals surface area contributed by atoms with E-state index in [1.54, 1.807) is 12.3 Å². The number of nitrogens with zero attached hydrogens (tertiary/aromatic N) is 3. The second-order valence-electron chi connectivity index (χ2n) is 4.06. The minimum atomic E-state index is -0.624. The molecule has 0 amide bonds. The Labute approximate surface area is 114 Å². The van der Waals surface area contributed by atoms with Crippen molar-refractivity contribution in [2.75, 3.05) is 5.73 Å². The van der Waals surface area contributed by atoms with E-state index in [0.717, 1.165) is 11.6 Å². The van der Waals surface area contributed by atoms with Crippen LogP contribution in [-0.2, 0) is 0 Å². The summed E-state index contributed by atoms with van der Waals surface area (Å²) in [6.07, 6.45) is 1.54. The van der Waals surface area contributed by atoms with Gasteiger partial charge in [-0.25, -0.2) is 4.98 Å². The first-order valence-electron chi connectivity index (χ1n) is 5.60. The molecule has 0 aliphatic rings. The van der Waals surface area contributed by atoms with Gasteiger partial charge in [-0.3, -0.25) is 10.1 Å². The number of aromatic nitrogens is 1. The summed E-state index contributed by atoms with van der Waals surface area (Å²) in [5.41, 5.74) is 6.73. The van der Waals surface area contributed by atoms with E-state index in [1.807, 2.05) is 13.0 Å². The van der Waals surface area contributed by atoms with Crippen LogP contribution in [0.5, 0.6) is 11.6 Å². The quantitative estimate of drug-likeness (QED) is 0.676. The van der Waals surface area contributed by atoms with E-state index in [2.05, 4.69) is 4.98 Å². The number of nitro benzene ring substituents is 1. The number of hydrogen-bond donors (Lipinski definition) is 1. The SMILES string of the molecule is Cc1cnc(Oc2ccc(C#N)cc2[N+](=O)[O-])c(N)c1. The Hall–Kier alpha value is -3.14. The largest absolute Gasteiger partial charge is 0.430 e. The molecule has 0 saturated carbocycles. The molecule has 2 rings (SSSR count). The number of anilines is 1. The van der Waals surface area contributed by atoms with Gasteiger partial charge in [-0.15, -0.1) is 0 Å². The fourth-order valence-corrected chi connectivity index (χ4v) is 1.58. The predicted molar refractivity (Wildman–Crippen MR) is 71.3 cm³/mol. The van der Waals surface area contributed by atoms with Crippen LogP contribution in [0.2, 0.25) is 0 Å². The summed E-state index contributed by atoms with van der Waals surface area (Å²) in [6, 6.07) is 7.39. The van der Waals surface area contributed by atoms with Crippen molar-refractivity contribution in [1.82, 2.24) is 4.98 Å². The van der Waals surface area contributed by atoms with Crippen molar-refractivity contribution >= 4 is 11.4 Å². The smallest absolute Gasteiger partial charge is 0.312 e. The van der Waals surface area contributed by atoms with Crippen molar-refractivity contribution in [3.05, 3.63) is 51.7 Å². The third-order valence-electron chi connectivity index (χ3n) is 2.51. The molecule has 0 saturated heterocycles. The highest BCUT2D eigenvalue weighted by Crippen LogP contribution is 2.33. The second kappa shape index (κ2) is 5.24. The minimum Gasteiger partial charge on any atom is -0.430 e. The Balaban J connectivity index is 2.43. The van der Waals surface area contributed by atoms with Gasteiger partial charge >= 0.3 is 5.69 Å². The van der Waals surface area contributed by atoms with Gasteiger partial charge in [0.15, 0.2) is 0 Å². The maximum atomic E-state index is 11.0. The molecule has 1 heterocycles. The third kappa shape index (κ3) is 2.64. The highest BCUT2D eigenvalue weighted by atomic mass is 16.6. The van der Waals surface area contributed by atoms with Gasteiger partial charge in [0.05, 0.1) is 22.2 Å². The summed E-state index contributed by atoms with van der Waals surface area (Å²) in [5, 5.41) is 19.7. The Bertz CT molecular complexity index is 722. The number of nitriles is 1. The highest BCUT2D eigenvalue weighted by Gasteiger charge is 2.18. The molecule has 0 aliphatic carbocycles. The van der Waals surface area contributed by atoms with Crippen LogP contribution in [0.15, 0.2) is 30.5 Å². The van der Waals surface area contributed by atoms with Gasteiger partial charge < -0.3 is 10.5 Å². The zero-order chi connectivity index (χ0) is 14.7. The van der Waals surface area contributed by atoms with Crippen LogP contribution in [0.4, 0.5) is 11.4 Å². The first kappa shape index (κ1) is 13.3. The van der Waals surface area contributed by atoms with E-state index < -0.39 is 4.92 Å². The number of pyridine rings is 1. The summed E-state index contributed by atoms with van der Waals surface area (Å²) in [4.78, 5) is 14.3. The van der Waals surface area contributed by atoms with Crippen LogP contribution in [0.1, 0.15) is 11.1 Å². The molecular formula is C13H10N4O3. The number of benzene rings is 1. The number of nitrogens with two attached hydrogens (primary N) is 1. The van der Waals surface area contributed by atoms with Crippen LogP contribution in [0.3, 0.4) is 0 Å². The number of nitrogen functional groups attached to an aromatic ring is 1. The van der Waals surface area contributed by atoms with Crippen molar-refractivity contribution in [2.45, 2.75) is 6.92 Å². The summed E-state index contributed by atoms with van der Waals surface area (Å²) in [6.45, 7) is 1.82. The molecule has 0 fully saturated rings. The molecule has 0 unspecified atom stereocenters. The topological polar surface area (TPSA) is 115 Å². The van der Waals surface area contributed by atoms with E-state index in [4.69, 9.17) is 15.7 Å². The first-order chi connectivity index (χ1) is 9.51. The van der Waals surface area contributed by atoms with Crippen LogP contribution in [-0.4, -0.2) is 9.91 Å². The van der Waals surface area contributed by atoms with Crippen LogP contribution in [0, 0.1) is 28.4 Å². The molecular weight excluding hydrogens is 260 g/mol. The Morgan fingerprint density at radius 2 is 2.20 bits per heavy atom. The number of nitro groups is 1.